The van der Waals surface area contributed by atoms with Crippen molar-refractivity contribution in [1.82, 2.24) is 14.6 Å². The molecule has 4 rings (SSSR count). The molecule has 0 radical (unpaired) electrons. The summed E-state index contributed by atoms with van der Waals surface area (Å²) in [7, 11) is 0. The van der Waals surface area contributed by atoms with Crippen LogP contribution >= 0.6 is 27.5 Å². The predicted molar refractivity (Wildman–Crippen MR) is 130 cm³/mol. The van der Waals surface area contributed by atoms with E-state index >= 15 is 0 Å². The van der Waals surface area contributed by atoms with Crippen LogP contribution in [0.2, 0.25) is 5.02 Å². The fraction of sp³-hybridized carbons (Fsp3) is 0.304. The highest BCUT2D eigenvalue weighted by Gasteiger charge is 2.18. The fourth-order valence-corrected chi connectivity index (χ4v) is 4.00. The lowest BCUT2D eigenvalue weighted by Crippen LogP contribution is -2.43. The summed E-state index contributed by atoms with van der Waals surface area (Å²) in [6.07, 6.45) is 2.01. The molecule has 1 aliphatic heterocycles. The van der Waals surface area contributed by atoms with Crippen LogP contribution in [-0.4, -0.2) is 59.6 Å². The smallest absolute Gasteiger partial charge is 0.282 e. The molecule has 0 unspecified atom stereocenters. The second-order valence-electron chi connectivity index (χ2n) is 7.37. The lowest BCUT2D eigenvalue weighted by Gasteiger charge is -2.26. The molecule has 1 amide bonds. The molecule has 10 heteroatoms. The lowest BCUT2D eigenvalue weighted by molar-refractivity contribution is -0.137. The number of aryl methyl sites for hydroxylation is 1. The van der Waals surface area contributed by atoms with Gasteiger partial charge in [-0.3, -0.25) is 9.59 Å². The Labute approximate surface area is 203 Å². The van der Waals surface area contributed by atoms with Crippen LogP contribution in [0.25, 0.3) is 10.9 Å². The molecule has 172 valence electrons. The summed E-state index contributed by atoms with van der Waals surface area (Å²) in [6, 6.07) is 10.4. The van der Waals surface area contributed by atoms with Gasteiger partial charge in [0.15, 0.2) is 6.61 Å². The van der Waals surface area contributed by atoms with E-state index in [1.54, 1.807) is 35.2 Å². The number of rotatable bonds is 6. The minimum absolute atomic E-state index is 0.117. The number of hydrogen-bond donors (Lipinski definition) is 0. The largest absolute Gasteiger partial charge is 0.483 e. The zero-order valence-electron chi connectivity index (χ0n) is 18.0. The Morgan fingerprint density at radius 1 is 1.27 bits per heavy atom. The number of hydrogen-bond acceptors (Lipinski definition) is 6. The summed E-state index contributed by atoms with van der Waals surface area (Å²) >= 11 is 9.57. The first kappa shape index (κ1) is 23.4. The van der Waals surface area contributed by atoms with E-state index in [0.29, 0.717) is 65.8 Å². The molecule has 1 aromatic heterocycles. The first-order valence-corrected chi connectivity index (χ1v) is 11.7. The van der Waals surface area contributed by atoms with Crippen LogP contribution in [0.5, 0.6) is 5.75 Å². The SMILES string of the molecule is CCc1nc2ccc(Br)cc2c(=O)n1N=Cc1cc(Cl)ccc1OCC(=O)N1CCOCC1. The number of carbonyl (C=O) groups excluding carboxylic acids is 1. The second-order valence-corrected chi connectivity index (χ2v) is 8.72. The Kier molecular flexibility index (Phi) is 7.42. The average Bonchev–Trinajstić information content (AvgIpc) is 2.83. The van der Waals surface area contributed by atoms with Crippen molar-refractivity contribution in [1.29, 1.82) is 0 Å². The van der Waals surface area contributed by atoms with Gasteiger partial charge in [0.05, 0.1) is 30.3 Å². The number of morpholine rings is 1. The summed E-state index contributed by atoms with van der Waals surface area (Å²) in [5.74, 6) is 0.843. The Morgan fingerprint density at radius 3 is 2.82 bits per heavy atom. The van der Waals surface area contributed by atoms with Crippen molar-refractivity contribution in [3.63, 3.8) is 0 Å². The predicted octanol–water partition coefficient (Wildman–Crippen LogP) is 3.49. The molecule has 2 aromatic carbocycles. The van der Waals surface area contributed by atoms with Gasteiger partial charge in [-0.1, -0.05) is 34.5 Å². The van der Waals surface area contributed by atoms with Crippen molar-refractivity contribution < 1.29 is 14.3 Å². The molecule has 0 atom stereocenters. The van der Waals surface area contributed by atoms with Gasteiger partial charge in [-0.15, -0.1) is 0 Å². The Hall–Kier alpha value is -2.75. The molecule has 3 aromatic rings. The van der Waals surface area contributed by atoms with Gasteiger partial charge in [0.2, 0.25) is 0 Å². The van der Waals surface area contributed by atoms with Gasteiger partial charge in [0.1, 0.15) is 11.6 Å². The highest BCUT2D eigenvalue weighted by molar-refractivity contribution is 9.10. The molecule has 0 spiro atoms. The molecule has 33 heavy (non-hydrogen) atoms. The summed E-state index contributed by atoms with van der Waals surface area (Å²) in [4.78, 5) is 31.8. The van der Waals surface area contributed by atoms with Crippen molar-refractivity contribution in [2.75, 3.05) is 32.9 Å². The van der Waals surface area contributed by atoms with Gasteiger partial charge in [-0.05, 0) is 36.4 Å². The van der Waals surface area contributed by atoms with E-state index in [9.17, 15) is 9.59 Å². The number of nitrogens with zero attached hydrogens (tertiary/aromatic N) is 4. The fourth-order valence-electron chi connectivity index (χ4n) is 3.46. The van der Waals surface area contributed by atoms with E-state index < -0.39 is 0 Å². The molecule has 0 saturated carbocycles. The van der Waals surface area contributed by atoms with E-state index in [-0.39, 0.29) is 18.1 Å². The van der Waals surface area contributed by atoms with Gasteiger partial charge in [0, 0.05) is 34.6 Å². The first-order chi connectivity index (χ1) is 16.0. The quantitative estimate of drug-likeness (QED) is 0.453. The topological polar surface area (TPSA) is 86.0 Å². The molecule has 1 aliphatic rings. The van der Waals surface area contributed by atoms with Gasteiger partial charge >= 0.3 is 0 Å². The normalized spacial score (nSPS) is 14.2. The molecule has 1 saturated heterocycles. The molecule has 1 fully saturated rings. The number of amides is 1. The van der Waals surface area contributed by atoms with Crippen molar-refractivity contribution in [2.45, 2.75) is 13.3 Å². The standard InChI is InChI=1S/C23H22BrClN4O4/c1-2-21-27-19-5-3-16(24)12-18(19)23(31)29(21)26-13-15-11-17(25)4-6-20(15)33-14-22(30)28-7-9-32-10-8-28/h3-6,11-13H,2,7-10,14H2,1H3. The third kappa shape index (κ3) is 5.43. The van der Waals surface area contributed by atoms with Crippen LogP contribution in [-0.2, 0) is 16.0 Å². The molecular formula is C23H22BrClN4O4. The van der Waals surface area contributed by atoms with Crippen LogP contribution in [0.3, 0.4) is 0 Å². The van der Waals surface area contributed by atoms with Gasteiger partial charge in [0.25, 0.3) is 11.5 Å². The zero-order valence-corrected chi connectivity index (χ0v) is 20.3. The van der Waals surface area contributed by atoms with Crippen LogP contribution in [0, 0.1) is 0 Å². The van der Waals surface area contributed by atoms with Gasteiger partial charge in [-0.2, -0.15) is 9.78 Å². The Morgan fingerprint density at radius 2 is 2.06 bits per heavy atom. The van der Waals surface area contributed by atoms with Crippen molar-refractivity contribution >= 4 is 50.6 Å². The van der Waals surface area contributed by atoms with E-state index in [2.05, 4.69) is 26.0 Å². The van der Waals surface area contributed by atoms with Crippen LogP contribution in [0.15, 0.2) is 50.8 Å². The van der Waals surface area contributed by atoms with Gasteiger partial charge in [-0.25, -0.2) is 4.98 Å². The van der Waals surface area contributed by atoms with Crippen molar-refractivity contribution in [3.05, 3.63) is 67.6 Å². The van der Waals surface area contributed by atoms with Crippen LogP contribution in [0.4, 0.5) is 0 Å². The van der Waals surface area contributed by atoms with E-state index in [0.717, 1.165) is 4.47 Å². The summed E-state index contributed by atoms with van der Waals surface area (Å²) in [5.41, 5.74) is 0.877. The number of fused-ring (bicyclic) bond motifs is 1. The first-order valence-electron chi connectivity index (χ1n) is 10.5. The highest BCUT2D eigenvalue weighted by atomic mass is 79.9. The molecular weight excluding hydrogens is 512 g/mol. The minimum Gasteiger partial charge on any atom is -0.483 e. The number of benzene rings is 2. The third-order valence-corrected chi connectivity index (χ3v) is 5.92. The maximum atomic E-state index is 13.1. The van der Waals surface area contributed by atoms with E-state index in [1.807, 2.05) is 13.0 Å². The van der Waals surface area contributed by atoms with E-state index in [1.165, 1.54) is 10.9 Å². The maximum Gasteiger partial charge on any atom is 0.282 e. The molecule has 0 bridgehead atoms. The van der Waals surface area contributed by atoms with Crippen LogP contribution in [0.1, 0.15) is 18.3 Å². The van der Waals surface area contributed by atoms with Crippen molar-refractivity contribution in [3.8, 4) is 5.75 Å². The van der Waals surface area contributed by atoms with Crippen LogP contribution < -0.4 is 10.3 Å². The molecule has 0 aliphatic carbocycles. The summed E-state index contributed by atoms with van der Waals surface area (Å²) < 4.78 is 13.1. The average molecular weight is 534 g/mol. The second kappa shape index (κ2) is 10.5. The highest BCUT2D eigenvalue weighted by Crippen LogP contribution is 2.22. The summed E-state index contributed by atoms with van der Waals surface area (Å²) in [6.45, 7) is 3.93. The number of aromatic nitrogens is 2. The van der Waals surface area contributed by atoms with Crippen molar-refractivity contribution in [2.24, 2.45) is 5.10 Å². The Balaban J connectivity index is 1.62. The summed E-state index contributed by atoms with van der Waals surface area (Å²) in [5, 5.41) is 5.33. The lowest BCUT2D eigenvalue weighted by atomic mass is 10.2. The van der Waals surface area contributed by atoms with Gasteiger partial charge < -0.3 is 14.4 Å². The number of halogens is 2. The molecule has 8 nitrogen and oxygen atoms in total. The monoisotopic (exact) mass is 532 g/mol. The molecule has 2 heterocycles. The van der Waals surface area contributed by atoms with E-state index in [4.69, 9.17) is 21.1 Å². The maximum absolute atomic E-state index is 13.1. The number of carbonyl (C=O) groups is 1. The minimum atomic E-state index is -0.276. The Bertz CT molecular complexity index is 1270. The number of ether oxygens (including phenoxy) is 2. The third-order valence-electron chi connectivity index (χ3n) is 5.19. The molecule has 0 N–H and O–H groups in total. The zero-order chi connectivity index (χ0) is 23.4.